The second-order valence-corrected chi connectivity index (χ2v) is 7.22. The van der Waals surface area contributed by atoms with Gasteiger partial charge in [-0.3, -0.25) is 4.98 Å². The number of morpholine rings is 1. The molecule has 3 heterocycles. The first kappa shape index (κ1) is 18.2. The predicted octanol–water partition coefficient (Wildman–Crippen LogP) is 3.52. The van der Waals surface area contributed by atoms with Gasteiger partial charge in [-0.15, -0.1) is 0 Å². The number of hydrogen-bond donors (Lipinski definition) is 1. The third-order valence-electron chi connectivity index (χ3n) is 4.96. The molecule has 1 aromatic carbocycles. The number of aryl methyl sites for hydroxylation is 1. The topological polar surface area (TPSA) is 74.1 Å². The molecule has 1 N–H and O–H groups in total. The summed E-state index contributed by atoms with van der Waals surface area (Å²) in [5, 5.41) is 13.8. The summed E-state index contributed by atoms with van der Waals surface area (Å²) in [5.74, 6) is 0.862. The van der Waals surface area contributed by atoms with Crippen LogP contribution in [-0.4, -0.2) is 41.8 Å². The molecular weight excluding hydrogens is 350 g/mol. The summed E-state index contributed by atoms with van der Waals surface area (Å²) in [5.41, 5.74) is 3.62. The highest BCUT2D eigenvalue weighted by molar-refractivity contribution is 5.95. The van der Waals surface area contributed by atoms with Crippen molar-refractivity contribution in [1.82, 2.24) is 9.97 Å². The summed E-state index contributed by atoms with van der Waals surface area (Å²) in [6, 6.07) is 14.1. The van der Waals surface area contributed by atoms with Gasteiger partial charge in [-0.25, -0.2) is 4.98 Å². The van der Waals surface area contributed by atoms with E-state index < -0.39 is 0 Å². The quantitative estimate of drug-likeness (QED) is 0.754. The standard InChI is InChI=1S/C22H23N5O/c1-15-7-9-24-21(10-15)26-12-18-14-27(13-16(2)28-18)20-6-5-17(11-23)22-19(20)4-3-8-25-22/h3-10,16,18H,12-14H2,1-2H3,(H,24,26)/t16-,18+/m1/s1. The minimum atomic E-state index is 0.0356. The number of rotatable bonds is 4. The zero-order valence-corrected chi connectivity index (χ0v) is 16.1. The van der Waals surface area contributed by atoms with Crippen molar-refractivity contribution in [2.24, 2.45) is 0 Å². The lowest BCUT2D eigenvalue weighted by Gasteiger charge is -2.38. The molecule has 0 unspecified atom stereocenters. The maximum absolute atomic E-state index is 9.38. The Bertz CT molecular complexity index is 1030. The van der Waals surface area contributed by atoms with Gasteiger partial charge in [-0.05, 0) is 55.8 Å². The predicted molar refractivity (Wildman–Crippen MR) is 110 cm³/mol. The van der Waals surface area contributed by atoms with E-state index in [-0.39, 0.29) is 12.2 Å². The molecule has 0 radical (unpaired) electrons. The molecule has 2 aromatic heterocycles. The van der Waals surface area contributed by atoms with Gasteiger partial charge in [-0.1, -0.05) is 0 Å². The molecule has 2 atom stereocenters. The molecule has 1 aliphatic heterocycles. The Morgan fingerprint density at radius 3 is 2.93 bits per heavy atom. The minimum Gasteiger partial charge on any atom is -0.370 e. The number of nitriles is 1. The van der Waals surface area contributed by atoms with E-state index in [2.05, 4.69) is 40.1 Å². The summed E-state index contributed by atoms with van der Waals surface area (Å²) in [6.45, 7) is 6.39. The van der Waals surface area contributed by atoms with E-state index in [9.17, 15) is 5.26 Å². The van der Waals surface area contributed by atoms with Crippen LogP contribution in [0.15, 0.2) is 48.8 Å². The van der Waals surface area contributed by atoms with Gasteiger partial charge in [0, 0.05) is 43.1 Å². The molecule has 28 heavy (non-hydrogen) atoms. The monoisotopic (exact) mass is 373 g/mol. The number of fused-ring (bicyclic) bond motifs is 1. The van der Waals surface area contributed by atoms with E-state index in [0.717, 1.165) is 35.5 Å². The second-order valence-electron chi connectivity index (χ2n) is 7.22. The minimum absolute atomic E-state index is 0.0356. The molecule has 3 aromatic rings. The Morgan fingerprint density at radius 1 is 1.21 bits per heavy atom. The summed E-state index contributed by atoms with van der Waals surface area (Å²) >= 11 is 0. The molecule has 1 aliphatic rings. The van der Waals surface area contributed by atoms with Crippen LogP contribution in [0, 0.1) is 18.3 Å². The molecule has 0 amide bonds. The molecular formula is C22H23N5O. The Labute approximate surface area is 164 Å². The van der Waals surface area contributed by atoms with Gasteiger partial charge in [0.25, 0.3) is 0 Å². The molecule has 6 heteroatoms. The van der Waals surface area contributed by atoms with Crippen molar-refractivity contribution in [1.29, 1.82) is 5.26 Å². The summed E-state index contributed by atoms with van der Waals surface area (Å²) < 4.78 is 6.15. The van der Waals surface area contributed by atoms with E-state index >= 15 is 0 Å². The van der Waals surface area contributed by atoms with E-state index in [1.807, 2.05) is 42.6 Å². The van der Waals surface area contributed by atoms with Crippen LogP contribution in [0.5, 0.6) is 0 Å². The molecule has 1 saturated heterocycles. The van der Waals surface area contributed by atoms with Crippen molar-refractivity contribution in [3.05, 3.63) is 59.9 Å². The smallest absolute Gasteiger partial charge is 0.126 e. The molecule has 0 saturated carbocycles. The molecule has 0 aliphatic carbocycles. The van der Waals surface area contributed by atoms with E-state index in [1.165, 1.54) is 5.56 Å². The number of ether oxygens (including phenoxy) is 1. The van der Waals surface area contributed by atoms with Gasteiger partial charge >= 0.3 is 0 Å². The Hall–Kier alpha value is -3.17. The molecule has 4 rings (SSSR count). The summed E-state index contributed by atoms with van der Waals surface area (Å²) in [4.78, 5) is 11.1. The molecule has 0 spiro atoms. The number of benzene rings is 1. The second kappa shape index (κ2) is 7.83. The average molecular weight is 373 g/mol. The van der Waals surface area contributed by atoms with Crippen molar-refractivity contribution < 1.29 is 4.74 Å². The number of nitrogens with zero attached hydrogens (tertiary/aromatic N) is 4. The van der Waals surface area contributed by atoms with Gasteiger partial charge in [0.15, 0.2) is 0 Å². The van der Waals surface area contributed by atoms with Crippen molar-refractivity contribution in [3.63, 3.8) is 0 Å². The van der Waals surface area contributed by atoms with Crippen LogP contribution in [0.1, 0.15) is 18.1 Å². The molecule has 142 valence electrons. The fraction of sp³-hybridized carbons (Fsp3) is 0.318. The molecule has 6 nitrogen and oxygen atoms in total. The third-order valence-corrected chi connectivity index (χ3v) is 4.96. The van der Waals surface area contributed by atoms with Crippen LogP contribution in [-0.2, 0) is 4.74 Å². The third kappa shape index (κ3) is 3.75. The maximum atomic E-state index is 9.38. The maximum Gasteiger partial charge on any atom is 0.126 e. The highest BCUT2D eigenvalue weighted by atomic mass is 16.5. The zero-order valence-electron chi connectivity index (χ0n) is 16.1. The van der Waals surface area contributed by atoms with Crippen molar-refractivity contribution in [2.75, 3.05) is 29.9 Å². The first-order valence-electron chi connectivity index (χ1n) is 9.49. The van der Waals surface area contributed by atoms with Crippen molar-refractivity contribution >= 4 is 22.4 Å². The normalized spacial score (nSPS) is 19.4. The number of aromatic nitrogens is 2. The van der Waals surface area contributed by atoms with E-state index in [1.54, 1.807) is 6.20 Å². The lowest BCUT2D eigenvalue weighted by Crippen LogP contribution is -2.49. The highest BCUT2D eigenvalue weighted by Gasteiger charge is 2.26. The van der Waals surface area contributed by atoms with Crippen LogP contribution in [0.2, 0.25) is 0 Å². The number of pyridine rings is 2. The van der Waals surface area contributed by atoms with Crippen LogP contribution >= 0.6 is 0 Å². The number of anilines is 2. The van der Waals surface area contributed by atoms with Crippen LogP contribution in [0.3, 0.4) is 0 Å². The van der Waals surface area contributed by atoms with Crippen molar-refractivity contribution in [3.8, 4) is 6.07 Å². The first-order valence-corrected chi connectivity index (χ1v) is 9.49. The highest BCUT2D eigenvalue weighted by Crippen LogP contribution is 2.30. The van der Waals surface area contributed by atoms with E-state index in [4.69, 9.17) is 4.74 Å². The SMILES string of the molecule is Cc1ccnc(NC[C@H]2CN(c3ccc(C#N)c4ncccc34)C[C@@H](C)O2)c1. The zero-order chi connectivity index (χ0) is 19.5. The fourth-order valence-electron chi connectivity index (χ4n) is 3.73. The van der Waals surface area contributed by atoms with E-state index in [0.29, 0.717) is 12.1 Å². The number of hydrogen-bond acceptors (Lipinski definition) is 6. The van der Waals surface area contributed by atoms with Crippen LogP contribution in [0.25, 0.3) is 10.9 Å². The fourth-order valence-corrected chi connectivity index (χ4v) is 3.73. The Morgan fingerprint density at radius 2 is 2.11 bits per heavy atom. The van der Waals surface area contributed by atoms with Gasteiger partial charge in [0.1, 0.15) is 11.9 Å². The average Bonchev–Trinajstić information content (AvgIpc) is 2.71. The first-order chi connectivity index (χ1) is 13.6. The largest absolute Gasteiger partial charge is 0.370 e. The van der Waals surface area contributed by atoms with Gasteiger partial charge < -0.3 is 15.0 Å². The summed E-state index contributed by atoms with van der Waals surface area (Å²) in [6.07, 6.45) is 3.68. The van der Waals surface area contributed by atoms with Crippen molar-refractivity contribution in [2.45, 2.75) is 26.1 Å². The Kier molecular flexibility index (Phi) is 5.09. The lowest BCUT2D eigenvalue weighted by atomic mass is 10.1. The Balaban J connectivity index is 1.55. The van der Waals surface area contributed by atoms with Gasteiger partial charge in [-0.2, -0.15) is 5.26 Å². The lowest BCUT2D eigenvalue weighted by molar-refractivity contribution is -0.00823. The molecule has 0 bridgehead atoms. The number of nitrogens with one attached hydrogen (secondary N) is 1. The molecule has 1 fully saturated rings. The van der Waals surface area contributed by atoms with Gasteiger partial charge in [0.05, 0.1) is 23.3 Å². The van der Waals surface area contributed by atoms with Gasteiger partial charge in [0.2, 0.25) is 0 Å². The van der Waals surface area contributed by atoms with Crippen LogP contribution < -0.4 is 10.2 Å². The van der Waals surface area contributed by atoms with Crippen LogP contribution in [0.4, 0.5) is 11.5 Å². The summed E-state index contributed by atoms with van der Waals surface area (Å²) in [7, 11) is 0.